The lowest BCUT2D eigenvalue weighted by Gasteiger charge is -2.08. The standard InChI is InChI=1S/C25H39Br2N/c1-2-3-4-5-6-7-8-9-10-11-12-13-14-15-16-17-18-23-24(26)19-22(21-28)20-25(23)27/h19-20H,2-18H2,1H3. The van der Waals surface area contributed by atoms with Crippen molar-refractivity contribution in [2.24, 2.45) is 0 Å². The average Bonchev–Trinajstić information content (AvgIpc) is 2.69. The molecule has 0 aliphatic heterocycles. The number of benzene rings is 1. The van der Waals surface area contributed by atoms with Gasteiger partial charge in [-0.1, -0.05) is 135 Å². The van der Waals surface area contributed by atoms with E-state index in [2.05, 4.69) is 44.9 Å². The minimum atomic E-state index is 0.703. The van der Waals surface area contributed by atoms with Crippen LogP contribution in [0.4, 0.5) is 0 Å². The molecule has 158 valence electrons. The van der Waals surface area contributed by atoms with Crippen LogP contribution in [-0.4, -0.2) is 0 Å². The van der Waals surface area contributed by atoms with Gasteiger partial charge in [0.25, 0.3) is 0 Å². The fourth-order valence-electron chi connectivity index (χ4n) is 3.76. The molecule has 3 heteroatoms. The maximum Gasteiger partial charge on any atom is 0.0992 e. The van der Waals surface area contributed by atoms with Crippen molar-refractivity contribution in [3.8, 4) is 6.07 Å². The quantitative estimate of drug-likeness (QED) is 0.190. The van der Waals surface area contributed by atoms with Gasteiger partial charge in [0.15, 0.2) is 0 Å². The SMILES string of the molecule is CCCCCCCCCCCCCCCCCCc1c(Br)cc(C#N)cc1Br. The minimum absolute atomic E-state index is 0.703. The van der Waals surface area contributed by atoms with Crippen LogP contribution < -0.4 is 0 Å². The lowest BCUT2D eigenvalue weighted by Crippen LogP contribution is -1.91. The molecule has 0 saturated carbocycles. The summed E-state index contributed by atoms with van der Waals surface area (Å²) in [6.07, 6.45) is 23.5. The van der Waals surface area contributed by atoms with Crippen LogP contribution in [0.5, 0.6) is 0 Å². The fourth-order valence-corrected chi connectivity index (χ4v) is 5.34. The summed E-state index contributed by atoms with van der Waals surface area (Å²) in [6.45, 7) is 2.29. The molecule has 0 heterocycles. The van der Waals surface area contributed by atoms with Gasteiger partial charge in [0.05, 0.1) is 11.6 Å². The van der Waals surface area contributed by atoms with E-state index in [1.807, 2.05) is 12.1 Å². The Morgan fingerprint density at radius 3 is 1.36 bits per heavy atom. The number of rotatable bonds is 17. The Balaban J connectivity index is 1.90. The maximum atomic E-state index is 9.01. The van der Waals surface area contributed by atoms with E-state index in [9.17, 15) is 0 Å². The van der Waals surface area contributed by atoms with Crippen LogP contribution >= 0.6 is 31.9 Å². The molecule has 0 spiro atoms. The molecule has 1 aromatic rings. The Morgan fingerprint density at radius 1 is 0.643 bits per heavy atom. The fraction of sp³-hybridized carbons (Fsp3) is 0.720. The van der Waals surface area contributed by atoms with Crippen molar-refractivity contribution in [3.63, 3.8) is 0 Å². The second-order valence-electron chi connectivity index (χ2n) is 8.08. The molecule has 28 heavy (non-hydrogen) atoms. The van der Waals surface area contributed by atoms with Gasteiger partial charge in [-0.05, 0) is 30.5 Å². The largest absolute Gasteiger partial charge is 0.192 e. The van der Waals surface area contributed by atoms with Crippen LogP contribution in [0.2, 0.25) is 0 Å². The highest BCUT2D eigenvalue weighted by molar-refractivity contribution is 9.11. The van der Waals surface area contributed by atoms with Gasteiger partial charge in [-0.25, -0.2) is 0 Å². The minimum Gasteiger partial charge on any atom is -0.192 e. The maximum absolute atomic E-state index is 9.01. The van der Waals surface area contributed by atoms with Crippen LogP contribution in [0.15, 0.2) is 21.1 Å². The van der Waals surface area contributed by atoms with Gasteiger partial charge in [0.2, 0.25) is 0 Å². The van der Waals surface area contributed by atoms with Crippen molar-refractivity contribution in [1.29, 1.82) is 5.26 Å². The van der Waals surface area contributed by atoms with Gasteiger partial charge in [-0.3, -0.25) is 0 Å². The molecule has 0 amide bonds. The normalized spacial score (nSPS) is 10.9. The van der Waals surface area contributed by atoms with Crippen molar-refractivity contribution in [1.82, 2.24) is 0 Å². The summed E-state index contributed by atoms with van der Waals surface area (Å²) in [6, 6.07) is 6.05. The first-order valence-corrected chi connectivity index (χ1v) is 13.2. The second kappa shape index (κ2) is 17.5. The number of hydrogen-bond acceptors (Lipinski definition) is 1. The van der Waals surface area contributed by atoms with E-state index < -0.39 is 0 Å². The highest BCUT2D eigenvalue weighted by atomic mass is 79.9. The average molecular weight is 513 g/mol. The molecular weight excluding hydrogens is 474 g/mol. The third kappa shape index (κ3) is 12.3. The van der Waals surface area contributed by atoms with E-state index in [0.29, 0.717) is 5.56 Å². The number of unbranched alkanes of at least 4 members (excludes halogenated alkanes) is 15. The van der Waals surface area contributed by atoms with Crippen LogP contribution in [0, 0.1) is 11.3 Å². The summed E-state index contributed by atoms with van der Waals surface area (Å²) >= 11 is 7.21. The smallest absolute Gasteiger partial charge is 0.0992 e. The summed E-state index contributed by atoms with van der Waals surface area (Å²) < 4.78 is 2.11. The van der Waals surface area contributed by atoms with Crippen molar-refractivity contribution < 1.29 is 0 Å². The van der Waals surface area contributed by atoms with Gasteiger partial charge >= 0.3 is 0 Å². The van der Waals surface area contributed by atoms with Crippen LogP contribution in [-0.2, 0) is 6.42 Å². The first-order chi connectivity index (χ1) is 13.7. The van der Waals surface area contributed by atoms with Gasteiger partial charge in [-0.15, -0.1) is 0 Å². The summed E-state index contributed by atoms with van der Waals surface area (Å²) in [7, 11) is 0. The van der Waals surface area contributed by atoms with E-state index in [1.54, 1.807) is 0 Å². The Morgan fingerprint density at radius 2 is 1.00 bits per heavy atom. The zero-order chi connectivity index (χ0) is 20.5. The number of halogens is 2. The molecule has 0 fully saturated rings. The van der Waals surface area contributed by atoms with Gasteiger partial charge in [0, 0.05) is 8.95 Å². The van der Waals surface area contributed by atoms with Crippen LogP contribution in [0.3, 0.4) is 0 Å². The topological polar surface area (TPSA) is 23.8 Å². The second-order valence-corrected chi connectivity index (χ2v) is 9.79. The summed E-state index contributed by atoms with van der Waals surface area (Å²) in [5.74, 6) is 0. The first kappa shape index (κ1) is 25.7. The molecule has 0 N–H and O–H groups in total. The molecule has 1 rings (SSSR count). The predicted molar refractivity (Wildman–Crippen MR) is 130 cm³/mol. The molecular formula is C25H39Br2N. The van der Waals surface area contributed by atoms with E-state index in [-0.39, 0.29) is 0 Å². The third-order valence-electron chi connectivity index (χ3n) is 5.55. The highest BCUT2D eigenvalue weighted by Gasteiger charge is 2.07. The summed E-state index contributed by atoms with van der Waals surface area (Å²) in [4.78, 5) is 0. The Hall–Kier alpha value is -0.330. The van der Waals surface area contributed by atoms with Gasteiger partial charge in [-0.2, -0.15) is 5.26 Å². The zero-order valence-corrected chi connectivity index (χ0v) is 21.1. The lowest BCUT2D eigenvalue weighted by atomic mass is 10.0. The van der Waals surface area contributed by atoms with Crippen molar-refractivity contribution in [2.75, 3.05) is 0 Å². The van der Waals surface area contributed by atoms with Crippen molar-refractivity contribution >= 4 is 31.9 Å². The molecule has 0 radical (unpaired) electrons. The molecule has 0 aliphatic rings. The van der Waals surface area contributed by atoms with Crippen molar-refractivity contribution in [2.45, 2.75) is 116 Å². The molecule has 0 bridgehead atoms. The van der Waals surface area contributed by atoms with E-state index in [0.717, 1.165) is 15.4 Å². The van der Waals surface area contributed by atoms with Crippen molar-refractivity contribution in [3.05, 3.63) is 32.2 Å². The Bertz CT molecular complexity index is 539. The van der Waals surface area contributed by atoms with Gasteiger partial charge < -0.3 is 0 Å². The number of nitriles is 1. The molecule has 0 unspecified atom stereocenters. The van der Waals surface area contributed by atoms with E-state index in [1.165, 1.54) is 108 Å². The van der Waals surface area contributed by atoms with Crippen LogP contribution in [0.1, 0.15) is 121 Å². The molecule has 0 aromatic heterocycles. The predicted octanol–water partition coefficient (Wildman–Crippen LogP) is 9.89. The van der Waals surface area contributed by atoms with E-state index >= 15 is 0 Å². The molecule has 0 aliphatic carbocycles. The molecule has 0 atom stereocenters. The molecule has 1 aromatic carbocycles. The number of hydrogen-bond donors (Lipinski definition) is 0. The zero-order valence-electron chi connectivity index (χ0n) is 17.9. The van der Waals surface area contributed by atoms with Crippen LogP contribution in [0.25, 0.3) is 0 Å². The number of nitrogens with zero attached hydrogens (tertiary/aromatic N) is 1. The van der Waals surface area contributed by atoms with Gasteiger partial charge in [0.1, 0.15) is 0 Å². The Kier molecular flexibility index (Phi) is 16.1. The first-order valence-electron chi connectivity index (χ1n) is 11.6. The Labute approximate surface area is 190 Å². The molecule has 0 saturated heterocycles. The lowest BCUT2D eigenvalue weighted by molar-refractivity contribution is 0.529. The van der Waals surface area contributed by atoms with E-state index in [4.69, 9.17) is 5.26 Å². The summed E-state index contributed by atoms with van der Waals surface area (Å²) in [5, 5.41) is 9.01. The third-order valence-corrected chi connectivity index (χ3v) is 6.97. The molecule has 1 nitrogen and oxygen atoms in total. The summed E-state index contributed by atoms with van der Waals surface area (Å²) in [5.41, 5.74) is 2.00. The highest BCUT2D eigenvalue weighted by Crippen LogP contribution is 2.29. The monoisotopic (exact) mass is 511 g/mol.